The summed E-state index contributed by atoms with van der Waals surface area (Å²) in [6.07, 6.45) is 3.21. The van der Waals surface area contributed by atoms with Crippen LogP contribution in [-0.2, 0) is 9.16 Å². The van der Waals surface area contributed by atoms with E-state index in [4.69, 9.17) is 14.9 Å². The molecule has 3 heterocycles. The summed E-state index contributed by atoms with van der Waals surface area (Å²) in [5.74, 6) is 0.416. The van der Waals surface area contributed by atoms with Gasteiger partial charge in [-0.05, 0) is 34.1 Å². The molecule has 0 spiro atoms. The van der Waals surface area contributed by atoms with Gasteiger partial charge in [0.05, 0.1) is 24.2 Å². The Hall–Kier alpha value is -1.00. The second kappa shape index (κ2) is 6.86. The first-order valence-electron chi connectivity index (χ1n) is 8.76. The van der Waals surface area contributed by atoms with Gasteiger partial charge in [0.2, 0.25) is 0 Å². The monoisotopic (exact) mass is 442 g/mol. The van der Waals surface area contributed by atoms with Crippen LogP contribution in [0.4, 0.5) is 5.82 Å². The van der Waals surface area contributed by atoms with Crippen molar-refractivity contribution in [2.75, 3.05) is 12.3 Å². The molecule has 1 saturated heterocycles. The van der Waals surface area contributed by atoms with E-state index in [0.717, 1.165) is 9.86 Å². The first kappa shape index (κ1) is 19.8. The molecule has 1 aliphatic heterocycles. The van der Waals surface area contributed by atoms with Gasteiger partial charge in [0, 0.05) is 17.1 Å². The van der Waals surface area contributed by atoms with E-state index in [1.54, 1.807) is 0 Å². The van der Waals surface area contributed by atoms with E-state index < -0.39 is 8.32 Å². The van der Waals surface area contributed by atoms with E-state index in [-0.39, 0.29) is 30.1 Å². The fourth-order valence-electron chi connectivity index (χ4n) is 3.00. The average molecular weight is 443 g/mol. The lowest BCUT2D eigenvalue weighted by molar-refractivity contribution is -0.0457. The van der Waals surface area contributed by atoms with Gasteiger partial charge >= 0.3 is 0 Å². The summed E-state index contributed by atoms with van der Waals surface area (Å²) >= 11 is 3.54. The first-order valence-corrected chi connectivity index (χ1v) is 12.5. The van der Waals surface area contributed by atoms with Crippen molar-refractivity contribution in [2.24, 2.45) is 0 Å². The van der Waals surface area contributed by atoms with Gasteiger partial charge in [-0.1, -0.05) is 20.8 Å². The highest BCUT2D eigenvalue weighted by atomic mass is 79.9. The second-order valence-electron chi connectivity index (χ2n) is 8.33. The minimum Gasteiger partial charge on any atom is -0.409 e. The van der Waals surface area contributed by atoms with Gasteiger partial charge < -0.3 is 24.6 Å². The van der Waals surface area contributed by atoms with Crippen LogP contribution in [-0.4, -0.2) is 46.8 Å². The molecular formula is C17H27BrN4O3Si. The fourth-order valence-corrected chi connectivity index (χ4v) is 4.92. The minimum atomic E-state index is -2.00. The van der Waals surface area contributed by atoms with E-state index in [9.17, 15) is 5.11 Å². The van der Waals surface area contributed by atoms with Crippen molar-refractivity contribution in [1.82, 2.24) is 14.5 Å². The van der Waals surface area contributed by atoms with Gasteiger partial charge in [-0.2, -0.15) is 0 Å². The zero-order valence-electron chi connectivity index (χ0n) is 15.9. The normalized spacial score (nSPS) is 24.5. The van der Waals surface area contributed by atoms with E-state index in [2.05, 4.69) is 59.8 Å². The first-order chi connectivity index (χ1) is 12.0. The minimum absolute atomic E-state index is 0.0364. The zero-order chi connectivity index (χ0) is 19.3. The predicted octanol–water partition coefficient (Wildman–Crippen LogP) is 3.45. The number of aliphatic hydroxyl groups excluding tert-OH is 1. The van der Waals surface area contributed by atoms with Crippen molar-refractivity contribution >= 4 is 41.1 Å². The van der Waals surface area contributed by atoms with Crippen LogP contribution in [0, 0.1) is 0 Å². The van der Waals surface area contributed by atoms with Crippen LogP contribution in [0.3, 0.4) is 0 Å². The molecule has 144 valence electrons. The third-order valence-corrected chi connectivity index (χ3v) is 10.6. The zero-order valence-corrected chi connectivity index (χ0v) is 18.4. The van der Waals surface area contributed by atoms with Gasteiger partial charge in [-0.3, -0.25) is 0 Å². The van der Waals surface area contributed by atoms with Crippen LogP contribution in [0.1, 0.15) is 33.4 Å². The van der Waals surface area contributed by atoms with Crippen LogP contribution < -0.4 is 5.73 Å². The van der Waals surface area contributed by atoms with Gasteiger partial charge in [-0.15, -0.1) is 0 Å². The molecule has 2 aromatic rings. The average Bonchev–Trinajstić information content (AvgIpc) is 3.07. The molecule has 0 amide bonds. The lowest BCUT2D eigenvalue weighted by Crippen LogP contribution is -2.45. The Morgan fingerprint density at radius 3 is 2.73 bits per heavy atom. The maximum absolute atomic E-state index is 9.64. The molecule has 3 rings (SSSR count). The van der Waals surface area contributed by atoms with E-state index in [1.165, 1.54) is 6.33 Å². The molecule has 1 fully saturated rings. The summed E-state index contributed by atoms with van der Waals surface area (Å²) in [6, 6.07) is 0. The maximum Gasteiger partial charge on any atom is 0.192 e. The molecule has 0 aromatic carbocycles. The van der Waals surface area contributed by atoms with E-state index in [1.807, 2.05) is 10.8 Å². The third kappa shape index (κ3) is 3.43. The number of aliphatic hydroxyl groups is 1. The van der Waals surface area contributed by atoms with Crippen molar-refractivity contribution in [1.29, 1.82) is 0 Å². The molecule has 2 aromatic heterocycles. The number of fused-ring (bicyclic) bond motifs is 1. The molecule has 0 radical (unpaired) electrons. The number of aromatic nitrogens is 3. The van der Waals surface area contributed by atoms with Crippen LogP contribution in [0.15, 0.2) is 17.0 Å². The van der Waals surface area contributed by atoms with Crippen molar-refractivity contribution in [3.05, 3.63) is 17.0 Å². The molecule has 1 aliphatic rings. The standard InChI is InChI=1S/C17H27BrN4O3Si/c1-17(2,3)26(4,5)25-12-6-10(8-23)24-16(12)22-7-11(18)13-14(19)20-9-21-15(13)22/h7,9-10,12,16,23H,6,8H2,1-5H3,(H2,19,20,21)/t10-,12?,16+/m0/s1. The summed E-state index contributed by atoms with van der Waals surface area (Å²) < 4.78 is 15.5. The number of halogens is 1. The summed E-state index contributed by atoms with van der Waals surface area (Å²) in [6.45, 7) is 11.0. The number of nitrogen functional groups attached to an aromatic ring is 1. The molecule has 3 atom stereocenters. The summed E-state index contributed by atoms with van der Waals surface area (Å²) in [7, 11) is -2.00. The number of hydrogen-bond acceptors (Lipinski definition) is 6. The largest absolute Gasteiger partial charge is 0.409 e. The van der Waals surface area contributed by atoms with Crippen molar-refractivity contribution in [3.8, 4) is 0 Å². The summed E-state index contributed by atoms with van der Waals surface area (Å²) in [4.78, 5) is 8.46. The van der Waals surface area contributed by atoms with Gasteiger partial charge in [-0.25, -0.2) is 9.97 Å². The third-order valence-electron chi connectivity index (χ3n) is 5.47. The molecular weight excluding hydrogens is 416 g/mol. The molecule has 1 unspecified atom stereocenters. The van der Waals surface area contributed by atoms with Gasteiger partial charge in [0.25, 0.3) is 0 Å². The van der Waals surface area contributed by atoms with E-state index >= 15 is 0 Å². The number of hydrogen-bond donors (Lipinski definition) is 2. The highest BCUT2D eigenvalue weighted by Gasteiger charge is 2.45. The highest BCUT2D eigenvalue weighted by molar-refractivity contribution is 9.10. The fraction of sp³-hybridized carbons (Fsp3) is 0.647. The molecule has 26 heavy (non-hydrogen) atoms. The summed E-state index contributed by atoms with van der Waals surface area (Å²) in [5.41, 5.74) is 6.71. The number of ether oxygens (including phenoxy) is 1. The number of nitrogens with zero attached hydrogens (tertiary/aromatic N) is 3. The molecule has 9 heteroatoms. The Balaban J connectivity index is 2.01. The number of rotatable bonds is 4. The molecule has 0 bridgehead atoms. The predicted molar refractivity (Wildman–Crippen MR) is 107 cm³/mol. The maximum atomic E-state index is 9.64. The van der Waals surface area contributed by atoms with E-state index in [0.29, 0.717) is 17.9 Å². The Morgan fingerprint density at radius 1 is 1.42 bits per heavy atom. The smallest absolute Gasteiger partial charge is 0.192 e. The molecule has 3 N–H and O–H groups in total. The Bertz CT molecular complexity index is 805. The van der Waals surface area contributed by atoms with Crippen LogP contribution in [0.2, 0.25) is 18.1 Å². The molecule has 0 saturated carbocycles. The van der Waals surface area contributed by atoms with Crippen molar-refractivity contribution < 1.29 is 14.3 Å². The Kier molecular flexibility index (Phi) is 5.21. The topological polar surface area (TPSA) is 95.4 Å². The van der Waals surface area contributed by atoms with Crippen LogP contribution in [0.5, 0.6) is 0 Å². The molecule has 7 nitrogen and oxygen atoms in total. The Morgan fingerprint density at radius 2 is 2.12 bits per heavy atom. The SMILES string of the molecule is CC(C)(C)[Si](C)(C)OC1C[C@@H](CO)O[C@H]1n1cc(Br)c2c(N)ncnc21. The summed E-state index contributed by atoms with van der Waals surface area (Å²) in [5, 5.41) is 10.5. The lowest BCUT2D eigenvalue weighted by Gasteiger charge is -2.39. The quantitative estimate of drug-likeness (QED) is 0.703. The van der Waals surface area contributed by atoms with Gasteiger partial charge in [0.1, 0.15) is 17.8 Å². The van der Waals surface area contributed by atoms with Gasteiger partial charge in [0.15, 0.2) is 14.5 Å². The van der Waals surface area contributed by atoms with Crippen LogP contribution >= 0.6 is 15.9 Å². The number of anilines is 1. The molecule has 0 aliphatic carbocycles. The lowest BCUT2D eigenvalue weighted by atomic mass is 10.2. The van der Waals surface area contributed by atoms with Crippen molar-refractivity contribution in [3.63, 3.8) is 0 Å². The number of nitrogens with two attached hydrogens (primary N) is 1. The van der Waals surface area contributed by atoms with Crippen LogP contribution in [0.25, 0.3) is 11.0 Å². The highest BCUT2D eigenvalue weighted by Crippen LogP contribution is 2.43. The second-order valence-corrected chi connectivity index (χ2v) is 13.9. The Labute approximate surface area is 163 Å². The van der Waals surface area contributed by atoms with Crippen molar-refractivity contribution in [2.45, 2.75) is 63.8 Å².